The van der Waals surface area contributed by atoms with Gasteiger partial charge in [-0.15, -0.1) is 10.2 Å². The van der Waals surface area contributed by atoms with Gasteiger partial charge in [-0.2, -0.15) is 0 Å². The number of carbonyl (C=O) groups is 1. The third-order valence-corrected chi connectivity index (χ3v) is 6.27. The first kappa shape index (κ1) is 18.8. The number of fused-ring (bicyclic) bond motifs is 2. The maximum absolute atomic E-state index is 12.3. The van der Waals surface area contributed by atoms with Crippen LogP contribution in [0.5, 0.6) is 0 Å². The number of hydrogen-bond acceptors (Lipinski definition) is 7. The van der Waals surface area contributed by atoms with Gasteiger partial charge in [-0.3, -0.25) is 4.79 Å². The maximum Gasteiger partial charge on any atom is 0.277 e. The van der Waals surface area contributed by atoms with Gasteiger partial charge in [-0.1, -0.05) is 59.5 Å². The molecule has 5 aromatic rings. The molecule has 1 amide bonds. The number of carbonyl (C=O) groups excluding carboxylic acids is 1. The summed E-state index contributed by atoms with van der Waals surface area (Å²) < 4.78 is 6.78. The molecular weight excluding hydrogens is 416 g/mol. The summed E-state index contributed by atoms with van der Waals surface area (Å²) in [6, 6.07) is 20.1. The third-order valence-electron chi connectivity index (χ3n) is 4.52. The first-order valence-corrected chi connectivity index (χ1v) is 11.1. The monoisotopic (exact) mass is 432 g/mol. The molecule has 2 heterocycles. The zero-order valence-corrected chi connectivity index (χ0v) is 17.6. The van der Waals surface area contributed by atoms with E-state index in [0.717, 1.165) is 32.1 Å². The first-order valence-electron chi connectivity index (χ1n) is 9.26. The van der Waals surface area contributed by atoms with Crippen LogP contribution in [0.15, 0.2) is 70.3 Å². The summed E-state index contributed by atoms with van der Waals surface area (Å²) in [6.45, 7) is 2.03. The van der Waals surface area contributed by atoms with E-state index < -0.39 is 0 Å². The van der Waals surface area contributed by atoms with Crippen molar-refractivity contribution < 1.29 is 9.21 Å². The molecule has 0 spiro atoms. The number of aromatic nitrogens is 3. The summed E-state index contributed by atoms with van der Waals surface area (Å²) >= 11 is 2.66. The highest BCUT2D eigenvalue weighted by atomic mass is 32.2. The van der Waals surface area contributed by atoms with Crippen molar-refractivity contribution in [2.75, 3.05) is 11.1 Å². The van der Waals surface area contributed by atoms with E-state index in [1.165, 1.54) is 23.1 Å². The molecule has 0 radical (unpaired) electrons. The summed E-state index contributed by atoms with van der Waals surface area (Å²) in [7, 11) is 0. The fourth-order valence-corrected chi connectivity index (χ4v) is 4.62. The predicted molar refractivity (Wildman–Crippen MR) is 121 cm³/mol. The molecule has 0 aliphatic rings. The Morgan fingerprint density at radius 3 is 2.83 bits per heavy atom. The van der Waals surface area contributed by atoms with Crippen LogP contribution in [0.3, 0.4) is 0 Å². The van der Waals surface area contributed by atoms with E-state index in [1.807, 2.05) is 55.5 Å². The highest BCUT2D eigenvalue weighted by molar-refractivity contribution is 7.99. The van der Waals surface area contributed by atoms with Crippen LogP contribution in [-0.2, 0) is 4.79 Å². The molecule has 1 N–H and O–H groups in total. The summed E-state index contributed by atoms with van der Waals surface area (Å²) in [5, 5.41) is 14.2. The fraction of sp³-hybridized carbons (Fsp3) is 0.0909. The molecule has 0 unspecified atom stereocenters. The van der Waals surface area contributed by atoms with Crippen molar-refractivity contribution in [3.63, 3.8) is 0 Å². The van der Waals surface area contributed by atoms with Crippen molar-refractivity contribution in [2.45, 2.75) is 12.1 Å². The zero-order chi connectivity index (χ0) is 20.5. The Balaban J connectivity index is 1.24. The van der Waals surface area contributed by atoms with Crippen molar-refractivity contribution in [2.24, 2.45) is 0 Å². The maximum atomic E-state index is 12.3. The number of thioether (sulfide) groups is 1. The Hall–Kier alpha value is -3.23. The van der Waals surface area contributed by atoms with Crippen molar-refractivity contribution in [3.05, 3.63) is 66.2 Å². The lowest BCUT2D eigenvalue weighted by molar-refractivity contribution is -0.113. The Morgan fingerprint density at radius 1 is 1.07 bits per heavy atom. The average Bonchev–Trinajstić information content (AvgIpc) is 3.38. The van der Waals surface area contributed by atoms with Gasteiger partial charge in [0.25, 0.3) is 5.22 Å². The average molecular weight is 433 g/mol. The molecule has 0 saturated heterocycles. The second-order valence-electron chi connectivity index (χ2n) is 6.76. The molecule has 5 rings (SSSR count). The lowest BCUT2D eigenvalue weighted by atomic mass is 10.1. The van der Waals surface area contributed by atoms with Gasteiger partial charge < -0.3 is 9.73 Å². The standard InChI is InChI=1S/C22H16N4O2S2/c1-13-6-9-17-18(10-13)30-21(23-17)24-19(27)12-29-22-26-25-20(28-22)16-8-7-14-4-2-3-5-15(14)11-16/h2-11H,12H2,1H3,(H,23,24,27). The van der Waals surface area contributed by atoms with Crippen molar-refractivity contribution in [3.8, 4) is 11.5 Å². The third kappa shape index (κ3) is 3.92. The zero-order valence-electron chi connectivity index (χ0n) is 16.0. The number of anilines is 1. The Kier molecular flexibility index (Phi) is 4.94. The summed E-state index contributed by atoms with van der Waals surface area (Å²) in [5.41, 5.74) is 2.89. The molecule has 0 fully saturated rings. The van der Waals surface area contributed by atoms with Crippen LogP contribution in [0.1, 0.15) is 5.56 Å². The lowest BCUT2D eigenvalue weighted by Gasteiger charge is -2.00. The van der Waals surface area contributed by atoms with E-state index in [9.17, 15) is 4.79 Å². The number of amides is 1. The molecular formula is C22H16N4O2S2. The van der Waals surface area contributed by atoms with Crippen LogP contribution in [0.4, 0.5) is 5.13 Å². The van der Waals surface area contributed by atoms with Gasteiger partial charge in [0.15, 0.2) is 5.13 Å². The second kappa shape index (κ2) is 7.89. The molecule has 8 heteroatoms. The topological polar surface area (TPSA) is 80.9 Å². The van der Waals surface area contributed by atoms with Gasteiger partial charge in [0, 0.05) is 5.56 Å². The minimum atomic E-state index is -0.166. The SMILES string of the molecule is Cc1ccc2nc(NC(=O)CSc3nnc(-c4ccc5ccccc5c4)o3)sc2c1. The molecule has 30 heavy (non-hydrogen) atoms. The molecule has 0 atom stereocenters. The van der Waals surface area contributed by atoms with E-state index in [2.05, 4.69) is 32.6 Å². The fourth-order valence-electron chi connectivity index (χ4n) is 3.08. The van der Waals surface area contributed by atoms with Gasteiger partial charge in [-0.25, -0.2) is 4.98 Å². The van der Waals surface area contributed by atoms with E-state index in [-0.39, 0.29) is 11.7 Å². The minimum Gasteiger partial charge on any atom is -0.411 e. The molecule has 3 aromatic carbocycles. The Labute approximate surface area is 180 Å². The molecule has 2 aromatic heterocycles. The molecule has 6 nitrogen and oxygen atoms in total. The molecule has 0 aliphatic carbocycles. The number of hydrogen-bond donors (Lipinski definition) is 1. The van der Waals surface area contributed by atoms with Gasteiger partial charge in [0.1, 0.15) is 0 Å². The van der Waals surface area contributed by atoms with Crippen LogP contribution >= 0.6 is 23.1 Å². The number of nitrogens with one attached hydrogen (secondary N) is 1. The minimum absolute atomic E-state index is 0.161. The molecule has 148 valence electrons. The summed E-state index contributed by atoms with van der Waals surface area (Å²) in [5.74, 6) is 0.431. The number of nitrogens with zero attached hydrogens (tertiary/aromatic N) is 3. The Morgan fingerprint density at radius 2 is 1.93 bits per heavy atom. The smallest absolute Gasteiger partial charge is 0.277 e. The molecule has 0 saturated carbocycles. The normalized spacial score (nSPS) is 11.2. The predicted octanol–water partition coefficient (Wildman–Crippen LogP) is 5.54. The quantitative estimate of drug-likeness (QED) is 0.367. The summed E-state index contributed by atoms with van der Waals surface area (Å²) in [6.07, 6.45) is 0. The van der Waals surface area contributed by atoms with Gasteiger partial charge in [0.2, 0.25) is 11.8 Å². The van der Waals surface area contributed by atoms with Gasteiger partial charge >= 0.3 is 0 Å². The van der Waals surface area contributed by atoms with Crippen molar-refractivity contribution >= 4 is 55.1 Å². The number of thiazole rings is 1. The number of benzene rings is 3. The largest absolute Gasteiger partial charge is 0.411 e. The lowest BCUT2D eigenvalue weighted by Crippen LogP contribution is -2.13. The highest BCUT2D eigenvalue weighted by Crippen LogP contribution is 2.28. The number of aryl methyl sites for hydroxylation is 1. The van der Waals surface area contributed by atoms with Crippen LogP contribution in [0.25, 0.3) is 32.4 Å². The van der Waals surface area contributed by atoms with Gasteiger partial charge in [0.05, 0.1) is 16.0 Å². The second-order valence-corrected chi connectivity index (χ2v) is 8.72. The molecule has 0 bridgehead atoms. The van der Waals surface area contributed by atoms with Crippen LogP contribution in [0.2, 0.25) is 0 Å². The Bertz CT molecular complexity index is 1380. The molecule has 0 aliphatic heterocycles. The van der Waals surface area contributed by atoms with Crippen LogP contribution < -0.4 is 5.32 Å². The van der Waals surface area contributed by atoms with E-state index in [4.69, 9.17) is 4.42 Å². The number of rotatable bonds is 5. The van der Waals surface area contributed by atoms with Crippen LogP contribution in [-0.4, -0.2) is 26.8 Å². The van der Waals surface area contributed by atoms with E-state index >= 15 is 0 Å². The van der Waals surface area contributed by atoms with E-state index in [1.54, 1.807) is 0 Å². The highest BCUT2D eigenvalue weighted by Gasteiger charge is 2.13. The van der Waals surface area contributed by atoms with Crippen molar-refractivity contribution in [1.82, 2.24) is 15.2 Å². The van der Waals surface area contributed by atoms with Crippen LogP contribution in [0, 0.1) is 6.92 Å². The summed E-state index contributed by atoms with van der Waals surface area (Å²) in [4.78, 5) is 16.7. The van der Waals surface area contributed by atoms with Gasteiger partial charge in [-0.05, 0) is 47.5 Å². The van der Waals surface area contributed by atoms with E-state index in [0.29, 0.717) is 16.2 Å². The first-order chi connectivity index (χ1) is 14.6. The van der Waals surface area contributed by atoms with Crippen molar-refractivity contribution in [1.29, 1.82) is 0 Å².